The van der Waals surface area contributed by atoms with Crippen LogP contribution in [-0.2, 0) is 9.53 Å². The molecule has 0 saturated carbocycles. The molecule has 0 aromatic carbocycles. The van der Waals surface area contributed by atoms with E-state index in [0.717, 1.165) is 6.42 Å². The minimum Gasteiger partial charge on any atom is -0.459 e. The summed E-state index contributed by atoms with van der Waals surface area (Å²) in [5.74, 6) is 0.185. The summed E-state index contributed by atoms with van der Waals surface area (Å²) in [7, 11) is 0. The number of thiocarbonyl (C=S) groups is 1. The summed E-state index contributed by atoms with van der Waals surface area (Å²) in [4.78, 5) is 12.1. The predicted molar refractivity (Wildman–Crippen MR) is 78.5 cm³/mol. The van der Waals surface area contributed by atoms with E-state index in [2.05, 4.69) is 19.2 Å². The highest BCUT2D eigenvalue weighted by Gasteiger charge is 2.19. The van der Waals surface area contributed by atoms with Gasteiger partial charge in [0.05, 0.1) is 11.5 Å². The zero-order chi connectivity index (χ0) is 14.3. The van der Waals surface area contributed by atoms with E-state index in [4.69, 9.17) is 22.7 Å². The maximum absolute atomic E-state index is 11.6. The lowest BCUT2D eigenvalue weighted by atomic mass is 9.99. The molecule has 0 saturated heterocycles. The summed E-state index contributed by atoms with van der Waals surface area (Å²) in [5, 5.41) is 3.21. The highest BCUT2D eigenvalue weighted by molar-refractivity contribution is 7.80. The van der Waals surface area contributed by atoms with Crippen molar-refractivity contribution in [2.24, 2.45) is 11.7 Å². The van der Waals surface area contributed by atoms with Crippen LogP contribution in [0.25, 0.3) is 0 Å². The minimum atomic E-state index is -0.440. The van der Waals surface area contributed by atoms with E-state index in [0.29, 0.717) is 17.3 Å². The number of carbonyl (C=O) groups is 1. The van der Waals surface area contributed by atoms with Crippen LogP contribution in [0.15, 0.2) is 0 Å². The van der Waals surface area contributed by atoms with Crippen molar-refractivity contribution < 1.29 is 9.53 Å². The van der Waals surface area contributed by atoms with E-state index >= 15 is 0 Å². The Morgan fingerprint density at radius 2 is 1.94 bits per heavy atom. The number of hydrogen-bond donors (Lipinski definition) is 2. The van der Waals surface area contributed by atoms with Crippen LogP contribution in [0.5, 0.6) is 0 Å². The maximum atomic E-state index is 11.6. The molecule has 106 valence electrons. The summed E-state index contributed by atoms with van der Waals surface area (Å²) < 4.78 is 5.24. The van der Waals surface area contributed by atoms with E-state index in [-0.39, 0.29) is 18.6 Å². The molecule has 0 fully saturated rings. The average molecular weight is 274 g/mol. The number of nitrogens with one attached hydrogen (secondary N) is 1. The first kappa shape index (κ1) is 17.3. The van der Waals surface area contributed by atoms with Gasteiger partial charge >= 0.3 is 5.97 Å². The first-order valence-corrected chi connectivity index (χ1v) is 6.76. The molecule has 0 aromatic heterocycles. The zero-order valence-corrected chi connectivity index (χ0v) is 12.9. The van der Waals surface area contributed by atoms with Crippen LogP contribution in [0.2, 0.25) is 0 Å². The van der Waals surface area contributed by atoms with E-state index in [1.165, 1.54) is 0 Å². The molecule has 18 heavy (non-hydrogen) atoms. The van der Waals surface area contributed by atoms with Crippen LogP contribution in [0, 0.1) is 5.92 Å². The van der Waals surface area contributed by atoms with Gasteiger partial charge in [-0.1, -0.05) is 26.1 Å². The molecule has 0 aliphatic heterocycles. The van der Waals surface area contributed by atoms with E-state index in [1.807, 2.05) is 20.8 Å². The molecule has 0 bridgehead atoms. The second kappa shape index (κ2) is 7.69. The van der Waals surface area contributed by atoms with Crippen molar-refractivity contribution in [3.05, 3.63) is 0 Å². The fraction of sp³-hybridized carbons (Fsp3) is 0.846. The van der Waals surface area contributed by atoms with Crippen LogP contribution in [0.1, 0.15) is 47.5 Å². The molecule has 0 aliphatic carbocycles. The third kappa shape index (κ3) is 9.36. The predicted octanol–water partition coefficient (Wildman–Crippen LogP) is 2.01. The zero-order valence-electron chi connectivity index (χ0n) is 12.1. The summed E-state index contributed by atoms with van der Waals surface area (Å²) in [5.41, 5.74) is 5.05. The second-order valence-electron chi connectivity index (χ2n) is 5.82. The van der Waals surface area contributed by atoms with Gasteiger partial charge in [-0.25, -0.2) is 0 Å². The quantitative estimate of drug-likeness (QED) is 0.549. The van der Waals surface area contributed by atoms with Gasteiger partial charge in [-0.05, 0) is 39.5 Å². The third-order valence-corrected chi connectivity index (χ3v) is 2.64. The van der Waals surface area contributed by atoms with Gasteiger partial charge in [0.15, 0.2) is 0 Å². The summed E-state index contributed by atoms with van der Waals surface area (Å²) in [6, 6.07) is 0.221. The number of esters is 1. The van der Waals surface area contributed by atoms with Gasteiger partial charge in [-0.3, -0.25) is 4.79 Å². The lowest BCUT2D eigenvalue weighted by molar-refractivity contribution is -0.153. The Labute approximate surface area is 116 Å². The first-order valence-electron chi connectivity index (χ1n) is 6.35. The molecule has 0 aromatic rings. The Bertz CT molecular complexity index is 285. The van der Waals surface area contributed by atoms with Crippen LogP contribution >= 0.6 is 12.2 Å². The number of hydrogen-bond acceptors (Lipinski definition) is 4. The smallest absolute Gasteiger partial charge is 0.320 e. The lowest BCUT2D eigenvalue weighted by Gasteiger charge is -2.24. The normalized spacial score (nSPS) is 13.4. The lowest BCUT2D eigenvalue weighted by Crippen LogP contribution is -2.40. The van der Waals surface area contributed by atoms with E-state index < -0.39 is 5.60 Å². The molecule has 5 heteroatoms. The van der Waals surface area contributed by atoms with Crippen molar-refractivity contribution in [3.8, 4) is 0 Å². The molecule has 0 radical (unpaired) electrons. The molecule has 0 rings (SSSR count). The number of nitrogens with two attached hydrogens (primary N) is 1. The second-order valence-corrected chi connectivity index (χ2v) is 6.35. The van der Waals surface area contributed by atoms with Gasteiger partial charge < -0.3 is 15.8 Å². The summed E-state index contributed by atoms with van der Waals surface area (Å²) >= 11 is 4.87. The molecule has 0 aliphatic rings. The Kier molecular flexibility index (Phi) is 7.40. The van der Waals surface area contributed by atoms with Crippen molar-refractivity contribution in [1.29, 1.82) is 0 Å². The van der Waals surface area contributed by atoms with Gasteiger partial charge in [0.2, 0.25) is 0 Å². The van der Waals surface area contributed by atoms with Crippen molar-refractivity contribution >= 4 is 23.2 Å². The molecular formula is C13H26N2O2S. The Morgan fingerprint density at radius 1 is 1.39 bits per heavy atom. The Balaban J connectivity index is 4.11. The highest BCUT2D eigenvalue weighted by atomic mass is 32.1. The number of ether oxygens (including phenoxy) is 1. The van der Waals surface area contributed by atoms with Gasteiger partial charge in [-0.15, -0.1) is 0 Å². The molecule has 0 heterocycles. The molecule has 0 unspecified atom stereocenters. The molecule has 0 spiro atoms. The minimum absolute atomic E-state index is 0.220. The van der Waals surface area contributed by atoms with Crippen LogP contribution in [0.4, 0.5) is 0 Å². The van der Waals surface area contributed by atoms with E-state index in [1.54, 1.807) is 0 Å². The van der Waals surface area contributed by atoms with Crippen molar-refractivity contribution in [2.75, 3.05) is 6.54 Å². The van der Waals surface area contributed by atoms with Gasteiger partial charge in [0.25, 0.3) is 0 Å². The van der Waals surface area contributed by atoms with Crippen LogP contribution < -0.4 is 11.1 Å². The van der Waals surface area contributed by atoms with Crippen molar-refractivity contribution in [1.82, 2.24) is 5.32 Å². The van der Waals surface area contributed by atoms with Gasteiger partial charge in [0, 0.05) is 6.04 Å². The molecule has 0 amide bonds. The SMILES string of the molecule is CC(C)[C@@H](CCC(N)=S)NCC(=O)OC(C)(C)C. The Hall–Kier alpha value is -0.680. The first-order chi connectivity index (χ1) is 8.11. The number of carbonyl (C=O) groups excluding carboxylic acids is 1. The summed E-state index contributed by atoms with van der Waals surface area (Å²) in [6.45, 7) is 10.0. The average Bonchev–Trinajstić information content (AvgIpc) is 2.13. The topological polar surface area (TPSA) is 64.3 Å². The maximum Gasteiger partial charge on any atom is 0.320 e. The van der Waals surface area contributed by atoms with Crippen molar-refractivity contribution in [2.45, 2.75) is 59.1 Å². The molecule has 3 N–H and O–H groups in total. The van der Waals surface area contributed by atoms with Crippen molar-refractivity contribution in [3.63, 3.8) is 0 Å². The van der Waals surface area contributed by atoms with Crippen LogP contribution in [0.3, 0.4) is 0 Å². The van der Waals surface area contributed by atoms with Crippen LogP contribution in [-0.4, -0.2) is 29.1 Å². The standard InChI is InChI=1S/C13H26N2O2S/c1-9(2)10(6-7-11(14)18)15-8-12(16)17-13(3,4)5/h9-10,15H,6-8H2,1-5H3,(H2,14,18)/t10-/m1/s1. The fourth-order valence-electron chi connectivity index (χ4n) is 1.56. The molecule has 1 atom stereocenters. The van der Waals surface area contributed by atoms with E-state index in [9.17, 15) is 4.79 Å². The number of rotatable bonds is 7. The fourth-order valence-corrected chi connectivity index (χ4v) is 1.68. The van der Waals surface area contributed by atoms with Gasteiger partial charge in [0.1, 0.15) is 5.60 Å². The Morgan fingerprint density at radius 3 is 2.33 bits per heavy atom. The third-order valence-electron chi connectivity index (χ3n) is 2.44. The molecule has 4 nitrogen and oxygen atoms in total. The molecular weight excluding hydrogens is 248 g/mol. The largest absolute Gasteiger partial charge is 0.459 e. The summed E-state index contributed by atoms with van der Waals surface area (Å²) in [6.07, 6.45) is 1.54. The highest BCUT2D eigenvalue weighted by Crippen LogP contribution is 2.10. The van der Waals surface area contributed by atoms with Gasteiger partial charge in [-0.2, -0.15) is 0 Å². The monoisotopic (exact) mass is 274 g/mol.